The Morgan fingerprint density at radius 3 is 1.35 bits per heavy atom. The normalized spacial score (nSPS) is 13.2. The second-order valence-corrected chi connectivity index (χ2v) is 26.0. The summed E-state index contributed by atoms with van der Waals surface area (Å²) in [6.07, 6.45) is 0. The zero-order valence-corrected chi connectivity index (χ0v) is 21.4. The summed E-state index contributed by atoms with van der Waals surface area (Å²) < 4.78 is 19.9. The number of nitrogens with zero attached hydrogens (tertiary/aromatic N) is 2. The molecule has 0 heterocycles. The highest BCUT2D eigenvalue weighted by molar-refractivity contribution is 6.95. The Bertz CT molecular complexity index is 694. The van der Waals surface area contributed by atoms with Gasteiger partial charge >= 0.3 is 8.80 Å². The van der Waals surface area contributed by atoms with Crippen LogP contribution >= 0.6 is 0 Å². The topological polar surface area (TPSA) is 75.3 Å². The summed E-state index contributed by atoms with van der Waals surface area (Å²) in [7, 11) is -9.29. The van der Waals surface area contributed by atoms with E-state index in [0.29, 0.717) is 11.1 Å². The lowest BCUT2D eigenvalue weighted by molar-refractivity contribution is 0.273. The van der Waals surface area contributed by atoms with Crippen molar-refractivity contribution in [3.05, 3.63) is 29.3 Å². The van der Waals surface area contributed by atoms with Crippen LogP contribution < -0.4 is 5.19 Å². The predicted octanol–water partition coefficient (Wildman–Crippen LogP) is 4.13. The van der Waals surface area contributed by atoms with Gasteiger partial charge in [-0.05, 0) is 71.1 Å². The summed E-state index contributed by atoms with van der Waals surface area (Å²) in [5.41, 5.74) is 0.688. The van der Waals surface area contributed by atoms with Crippen molar-refractivity contribution in [1.29, 1.82) is 10.5 Å². The van der Waals surface area contributed by atoms with Crippen molar-refractivity contribution in [2.24, 2.45) is 0 Å². The van der Waals surface area contributed by atoms with Gasteiger partial charge in [-0.25, -0.2) is 0 Å². The molecule has 0 atom stereocenters. The van der Waals surface area contributed by atoms with E-state index >= 15 is 0 Å². The third kappa shape index (κ3) is 6.93. The molecular formula is C17H30N2O3Si4. The Morgan fingerprint density at radius 1 is 0.654 bits per heavy atom. The molecule has 0 bridgehead atoms. The molecule has 142 valence electrons. The van der Waals surface area contributed by atoms with E-state index in [4.69, 9.17) is 12.3 Å². The first-order valence-electron chi connectivity index (χ1n) is 8.66. The van der Waals surface area contributed by atoms with Gasteiger partial charge in [-0.2, -0.15) is 10.5 Å². The third-order valence-corrected chi connectivity index (χ3v) is 14.5. The molecule has 0 N–H and O–H groups in total. The number of rotatable bonds is 7. The van der Waals surface area contributed by atoms with Crippen LogP contribution in [-0.2, 0) is 12.3 Å². The number of benzene rings is 1. The SMILES string of the molecule is C[Si](C)(C)O[Si](O[Si](C)(C)C)(O[Si](C)(C)C)c1ccc(C#N)c(C#N)c1. The molecule has 0 aliphatic rings. The van der Waals surface area contributed by atoms with Crippen molar-refractivity contribution in [1.82, 2.24) is 0 Å². The van der Waals surface area contributed by atoms with Gasteiger partial charge in [-0.3, -0.25) is 0 Å². The largest absolute Gasteiger partial charge is 0.505 e. The third-order valence-electron chi connectivity index (χ3n) is 2.94. The smallest absolute Gasteiger partial charge is 0.414 e. The van der Waals surface area contributed by atoms with Gasteiger partial charge in [0.2, 0.25) is 0 Å². The molecular weight excluding hydrogens is 393 g/mol. The first-order valence-corrected chi connectivity index (χ1v) is 20.6. The maximum atomic E-state index is 9.46. The molecule has 0 unspecified atom stereocenters. The zero-order valence-electron chi connectivity index (χ0n) is 17.4. The van der Waals surface area contributed by atoms with E-state index in [9.17, 15) is 10.5 Å². The summed E-state index contributed by atoms with van der Waals surface area (Å²) in [6.45, 7) is 19.0. The molecule has 0 radical (unpaired) electrons. The van der Waals surface area contributed by atoms with Crippen molar-refractivity contribution in [3.8, 4) is 12.1 Å². The lowest BCUT2D eigenvalue weighted by Crippen LogP contribution is -2.67. The van der Waals surface area contributed by atoms with Crippen molar-refractivity contribution in [3.63, 3.8) is 0 Å². The van der Waals surface area contributed by atoms with E-state index in [1.54, 1.807) is 12.1 Å². The van der Waals surface area contributed by atoms with Crippen LogP contribution in [0.25, 0.3) is 0 Å². The van der Waals surface area contributed by atoms with Crippen LogP contribution in [0.5, 0.6) is 0 Å². The van der Waals surface area contributed by atoms with Crippen LogP contribution in [0.15, 0.2) is 18.2 Å². The fourth-order valence-corrected chi connectivity index (χ4v) is 15.7. The molecule has 26 heavy (non-hydrogen) atoms. The first kappa shape index (κ1) is 23.0. The van der Waals surface area contributed by atoms with Gasteiger partial charge in [-0.15, -0.1) is 0 Å². The van der Waals surface area contributed by atoms with E-state index < -0.39 is 33.8 Å². The Labute approximate surface area is 162 Å². The predicted molar refractivity (Wildman–Crippen MR) is 115 cm³/mol. The number of nitriles is 2. The molecule has 0 saturated carbocycles. The average Bonchev–Trinajstić information content (AvgIpc) is 2.40. The second kappa shape index (κ2) is 7.90. The summed E-state index contributed by atoms with van der Waals surface area (Å²) in [5, 5.41) is 19.5. The molecule has 1 aromatic rings. The van der Waals surface area contributed by atoms with Crippen LogP contribution in [0, 0.1) is 22.7 Å². The van der Waals surface area contributed by atoms with Crippen molar-refractivity contribution < 1.29 is 12.3 Å². The molecule has 0 spiro atoms. The van der Waals surface area contributed by atoms with E-state index in [-0.39, 0.29) is 0 Å². The van der Waals surface area contributed by atoms with E-state index in [0.717, 1.165) is 5.19 Å². The highest BCUT2D eigenvalue weighted by Crippen LogP contribution is 2.26. The quantitative estimate of drug-likeness (QED) is 0.617. The van der Waals surface area contributed by atoms with Crippen LogP contribution in [-0.4, -0.2) is 33.8 Å². The van der Waals surface area contributed by atoms with Gasteiger partial charge in [0.25, 0.3) is 0 Å². The minimum atomic E-state index is -3.24. The Kier molecular flexibility index (Phi) is 6.99. The molecule has 0 fully saturated rings. The molecule has 9 heteroatoms. The second-order valence-electron chi connectivity index (χ2n) is 9.18. The Hall–Kier alpha value is -1.05. The van der Waals surface area contributed by atoms with Gasteiger partial charge in [0, 0.05) is 5.19 Å². The van der Waals surface area contributed by atoms with Gasteiger partial charge in [0.05, 0.1) is 11.1 Å². The fraction of sp³-hybridized carbons (Fsp3) is 0.529. The molecule has 0 aromatic heterocycles. The van der Waals surface area contributed by atoms with Crippen LogP contribution in [0.2, 0.25) is 58.9 Å². The number of hydrogen-bond acceptors (Lipinski definition) is 5. The van der Waals surface area contributed by atoms with Crippen LogP contribution in [0.1, 0.15) is 11.1 Å². The van der Waals surface area contributed by atoms with Crippen LogP contribution in [0.4, 0.5) is 0 Å². The summed E-state index contributed by atoms with van der Waals surface area (Å²) in [6, 6.07) is 9.42. The Balaban J connectivity index is 3.70. The lowest BCUT2D eigenvalue weighted by atomic mass is 10.1. The molecule has 0 saturated heterocycles. The van der Waals surface area contributed by atoms with Crippen molar-refractivity contribution in [2.75, 3.05) is 0 Å². The molecule has 0 aliphatic heterocycles. The fourth-order valence-electron chi connectivity index (χ4n) is 2.37. The highest BCUT2D eigenvalue weighted by atomic mass is 28.5. The van der Waals surface area contributed by atoms with E-state index in [1.807, 2.05) is 6.07 Å². The zero-order chi connectivity index (χ0) is 20.4. The minimum absolute atomic E-state index is 0.333. The van der Waals surface area contributed by atoms with Gasteiger partial charge in [0.1, 0.15) is 12.1 Å². The maximum Gasteiger partial charge on any atom is 0.505 e. The van der Waals surface area contributed by atoms with Crippen molar-refractivity contribution in [2.45, 2.75) is 58.9 Å². The Morgan fingerprint density at radius 2 is 1.04 bits per heavy atom. The first-order chi connectivity index (χ1) is 11.6. The highest BCUT2D eigenvalue weighted by Gasteiger charge is 2.52. The number of hydrogen-bond donors (Lipinski definition) is 0. The van der Waals surface area contributed by atoms with Crippen LogP contribution in [0.3, 0.4) is 0 Å². The summed E-state index contributed by atoms with van der Waals surface area (Å²) in [5.74, 6) is 0. The minimum Gasteiger partial charge on any atom is -0.414 e. The molecule has 0 aliphatic carbocycles. The monoisotopic (exact) mass is 422 g/mol. The van der Waals surface area contributed by atoms with E-state index in [1.165, 1.54) is 0 Å². The van der Waals surface area contributed by atoms with Gasteiger partial charge < -0.3 is 12.3 Å². The summed E-state index contributed by atoms with van der Waals surface area (Å²) in [4.78, 5) is 0. The molecule has 1 rings (SSSR count). The standard InChI is InChI=1S/C17H30N2O3Si4/c1-23(2,3)20-26(21-24(4,5)6,22-25(7,8)9)17-11-10-15(13-18)16(12-17)14-19/h10-12H,1-9H3. The van der Waals surface area contributed by atoms with Gasteiger partial charge in [-0.1, -0.05) is 6.07 Å². The summed E-state index contributed by atoms with van der Waals surface area (Å²) >= 11 is 0. The molecule has 5 nitrogen and oxygen atoms in total. The average molecular weight is 423 g/mol. The lowest BCUT2D eigenvalue weighted by Gasteiger charge is -2.42. The van der Waals surface area contributed by atoms with E-state index in [2.05, 4.69) is 71.1 Å². The molecule has 1 aromatic carbocycles. The van der Waals surface area contributed by atoms with Gasteiger partial charge in [0.15, 0.2) is 25.0 Å². The maximum absolute atomic E-state index is 9.46. The molecule has 0 amide bonds. The van der Waals surface area contributed by atoms with Crippen molar-refractivity contribution >= 4 is 38.9 Å².